The highest BCUT2D eigenvalue weighted by Crippen LogP contribution is 2.25. The molecule has 4 heteroatoms. The van der Waals surface area contributed by atoms with Gasteiger partial charge in [0.2, 0.25) is 5.91 Å². The van der Waals surface area contributed by atoms with Gasteiger partial charge < -0.3 is 4.90 Å². The second-order valence-corrected chi connectivity index (χ2v) is 5.67. The molecule has 0 N–H and O–H groups in total. The van der Waals surface area contributed by atoms with Gasteiger partial charge in [0.1, 0.15) is 0 Å². The summed E-state index contributed by atoms with van der Waals surface area (Å²) < 4.78 is 1.75. The number of benzene rings is 1. The average molecular weight is 271 g/mol. The Labute approximate surface area is 120 Å². The third-order valence-corrected chi connectivity index (χ3v) is 3.55. The van der Waals surface area contributed by atoms with Crippen LogP contribution in [0.3, 0.4) is 0 Å². The lowest BCUT2D eigenvalue weighted by Gasteiger charge is -2.29. The number of carbonyl (C=O) groups is 1. The van der Waals surface area contributed by atoms with Crippen molar-refractivity contribution in [2.75, 3.05) is 7.05 Å². The molecule has 4 nitrogen and oxygen atoms in total. The standard InChI is InChI=1S/C16H21N3O/c1-16(2,14-8-6-5-7-9-14)15(20)18(3)11-13-10-17-19(4)12-13/h5-10,12H,11H2,1-4H3. The highest BCUT2D eigenvalue weighted by molar-refractivity contribution is 5.87. The molecule has 0 radical (unpaired) electrons. The van der Waals surface area contributed by atoms with Crippen LogP contribution in [0.2, 0.25) is 0 Å². The minimum absolute atomic E-state index is 0.104. The molecule has 0 saturated carbocycles. The van der Waals surface area contributed by atoms with Gasteiger partial charge in [0.05, 0.1) is 11.6 Å². The van der Waals surface area contributed by atoms with Gasteiger partial charge in [0.15, 0.2) is 0 Å². The molecule has 1 heterocycles. The average Bonchev–Trinajstić information content (AvgIpc) is 2.84. The van der Waals surface area contributed by atoms with Crippen molar-refractivity contribution in [2.24, 2.45) is 7.05 Å². The minimum Gasteiger partial charge on any atom is -0.341 e. The van der Waals surface area contributed by atoms with E-state index in [0.717, 1.165) is 11.1 Å². The molecule has 0 bridgehead atoms. The van der Waals surface area contributed by atoms with Crippen molar-refractivity contribution in [1.82, 2.24) is 14.7 Å². The Morgan fingerprint density at radius 3 is 2.50 bits per heavy atom. The van der Waals surface area contributed by atoms with E-state index < -0.39 is 5.41 Å². The lowest BCUT2D eigenvalue weighted by atomic mass is 9.83. The van der Waals surface area contributed by atoms with E-state index in [1.54, 1.807) is 15.8 Å². The summed E-state index contributed by atoms with van der Waals surface area (Å²) >= 11 is 0. The number of nitrogens with zero attached hydrogens (tertiary/aromatic N) is 3. The van der Waals surface area contributed by atoms with E-state index in [1.807, 2.05) is 64.5 Å². The summed E-state index contributed by atoms with van der Waals surface area (Å²) in [6.07, 6.45) is 3.72. The van der Waals surface area contributed by atoms with E-state index in [4.69, 9.17) is 0 Å². The normalized spacial score (nSPS) is 11.4. The number of amides is 1. The van der Waals surface area contributed by atoms with Crippen LogP contribution in [-0.4, -0.2) is 27.6 Å². The van der Waals surface area contributed by atoms with Crippen LogP contribution in [0.4, 0.5) is 0 Å². The molecule has 20 heavy (non-hydrogen) atoms. The second kappa shape index (κ2) is 5.49. The quantitative estimate of drug-likeness (QED) is 0.856. The first-order valence-electron chi connectivity index (χ1n) is 6.70. The lowest BCUT2D eigenvalue weighted by molar-refractivity contribution is -0.135. The first-order chi connectivity index (χ1) is 9.41. The van der Waals surface area contributed by atoms with Crippen LogP contribution < -0.4 is 0 Å². The summed E-state index contributed by atoms with van der Waals surface area (Å²) in [5.41, 5.74) is 1.54. The Morgan fingerprint density at radius 1 is 1.30 bits per heavy atom. The summed E-state index contributed by atoms with van der Waals surface area (Å²) in [6.45, 7) is 4.50. The first-order valence-corrected chi connectivity index (χ1v) is 6.70. The summed E-state index contributed by atoms with van der Waals surface area (Å²) in [4.78, 5) is 14.4. The van der Waals surface area contributed by atoms with Crippen LogP contribution >= 0.6 is 0 Å². The van der Waals surface area contributed by atoms with Gasteiger partial charge in [-0.3, -0.25) is 9.48 Å². The molecular formula is C16H21N3O. The van der Waals surface area contributed by atoms with Gasteiger partial charge >= 0.3 is 0 Å². The van der Waals surface area contributed by atoms with E-state index in [9.17, 15) is 4.79 Å². The van der Waals surface area contributed by atoms with Crippen molar-refractivity contribution in [3.8, 4) is 0 Å². The van der Waals surface area contributed by atoms with Crippen LogP contribution in [0.15, 0.2) is 42.7 Å². The summed E-state index contributed by atoms with van der Waals surface area (Å²) in [5, 5.41) is 4.13. The number of aryl methyl sites for hydroxylation is 1. The molecule has 0 atom stereocenters. The summed E-state index contributed by atoms with van der Waals surface area (Å²) in [6, 6.07) is 9.88. The van der Waals surface area contributed by atoms with E-state index in [-0.39, 0.29) is 5.91 Å². The molecule has 2 rings (SSSR count). The van der Waals surface area contributed by atoms with Gasteiger partial charge in [-0.05, 0) is 19.4 Å². The fourth-order valence-corrected chi connectivity index (χ4v) is 2.35. The van der Waals surface area contributed by atoms with Crippen molar-refractivity contribution >= 4 is 5.91 Å². The van der Waals surface area contributed by atoms with Gasteiger partial charge in [0, 0.05) is 32.4 Å². The molecular weight excluding hydrogens is 250 g/mol. The molecule has 0 fully saturated rings. The van der Waals surface area contributed by atoms with Crippen LogP contribution in [-0.2, 0) is 23.8 Å². The number of rotatable bonds is 4. The van der Waals surface area contributed by atoms with Crippen LogP contribution in [0.25, 0.3) is 0 Å². The van der Waals surface area contributed by atoms with Gasteiger partial charge in [-0.25, -0.2) is 0 Å². The molecule has 1 amide bonds. The molecule has 0 aliphatic rings. The molecule has 0 aliphatic carbocycles. The number of hydrogen-bond acceptors (Lipinski definition) is 2. The molecule has 0 saturated heterocycles. The zero-order valence-corrected chi connectivity index (χ0v) is 12.5. The fourth-order valence-electron chi connectivity index (χ4n) is 2.35. The van der Waals surface area contributed by atoms with E-state index >= 15 is 0 Å². The number of hydrogen-bond donors (Lipinski definition) is 0. The highest BCUT2D eigenvalue weighted by Gasteiger charge is 2.32. The first kappa shape index (κ1) is 14.3. The SMILES string of the molecule is CN(Cc1cnn(C)c1)C(=O)C(C)(C)c1ccccc1. The lowest BCUT2D eigenvalue weighted by Crippen LogP contribution is -2.40. The van der Waals surface area contributed by atoms with E-state index in [0.29, 0.717) is 6.54 Å². The Kier molecular flexibility index (Phi) is 3.93. The third-order valence-electron chi connectivity index (χ3n) is 3.55. The third kappa shape index (κ3) is 2.90. The van der Waals surface area contributed by atoms with Crippen LogP contribution in [0.1, 0.15) is 25.0 Å². The molecule has 106 valence electrons. The zero-order valence-electron chi connectivity index (χ0n) is 12.5. The predicted molar refractivity (Wildman–Crippen MR) is 79.2 cm³/mol. The van der Waals surface area contributed by atoms with Gasteiger partial charge in [-0.2, -0.15) is 5.10 Å². The Hall–Kier alpha value is -2.10. The molecule has 0 unspecified atom stereocenters. The van der Waals surface area contributed by atoms with Crippen LogP contribution in [0, 0.1) is 0 Å². The molecule has 1 aromatic carbocycles. The Morgan fingerprint density at radius 2 is 1.95 bits per heavy atom. The second-order valence-electron chi connectivity index (χ2n) is 5.67. The smallest absolute Gasteiger partial charge is 0.232 e. The van der Waals surface area contributed by atoms with Crippen molar-refractivity contribution < 1.29 is 4.79 Å². The predicted octanol–water partition coefficient (Wildman–Crippen LogP) is 2.36. The van der Waals surface area contributed by atoms with E-state index in [2.05, 4.69) is 5.10 Å². The molecule has 1 aromatic heterocycles. The Bertz CT molecular complexity index is 587. The van der Waals surface area contributed by atoms with Gasteiger partial charge in [-0.15, -0.1) is 0 Å². The minimum atomic E-state index is -0.530. The maximum absolute atomic E-state index is 12.7. The maximum atomic E-state index is 12.7. The topological polar surface area (TPSA) is 38.1 Å². The monoisotopic (exact) mass is 271 g/mol. The Balaban J connectivity index is 2.13. The van der Waals surface area contributed by atoms with Crippen LogP contribution in [0.5, 0.6) is 0 Å². The fraction of sp³-hybridized carbons (Fsp3) is 0.375. The summed E-state index contributed by atoms with van der Waals surface area (Å²) in [7, 11) is 3.71. The number of likely N-dealkylation sites (N-methyl/N-ethyl adjacent to an activating group) is 1. The van der Waals surface area contributed by atoms with Crippen molar-refractivity contribution in [1.29, 1.82) is 0 Å². The van der Waals surface area contributed by atoms with Gasteiger partial charge in [-0.1, -0.05) is 30.3 Å². The summed E-state index contributed by atoms with van der Waals surface area (Å²) in [5.74, 6) is 0.104. The number of carbonyl (C=O) groups excluding carboxylic acids is 1. The highest BCUT2D eigenvalue weighted by atomic mass is 16.2. The number of aromatic nitrogens is 2. The van der Waals surface area contributed by atoms with Gasteiger partial charge in [0.25, 0.3) is 0 Å². The maximum Gasteiger partial charge on any atom is 0.232 e. The van der Waals surface area contributed by atoms with E-state index in [1.165, 1.54) is 0 Å². The molecule has 2 aromatic rings. The largest absolute Gasteiger partial charge is 0.341 e. The van der Waals surface area contributed by atoms with Crippen molar-refractivity contribution in [2.45, 2.75) is 25.8 Å². The molecule has 0 aliphatic heterocycles. The molecule has 0 spiro atoms. The van der Waals surface area contributed by atoms with Crippen molar-refractivity contribution in [3.05, 3.63) is 53.9 Å². The zero-order chi connectivity index (χ0) is 14.8. The van der Waals surface area contributed by atoms with Crippen molar-refractivity contribution in [3.63, 3.8) is 0 Å².